The summed E-state index contributed by atoms with van der Waals surface area (Å²) in [7, 11) is 2.73. The minimum Gasteiger partial charge on any atom is -0.446 e. The van der Waals surface area contributed by atoms with Crippen LogP contribution in [-0.4, -0.2) is 62.2 Å². The monoisotopic (exact) mass is 497 g/mol. The van der Waals surface area contributed by atoms with Crippen molar-refractivity contribution in [2.24, 2.45) is 0 Å². The summed E-state index contributed by atoms with van der Waals surface area (Å²) in [6.07, 6.45) is -9.22. The Balaban J connectivity index is 2.32. The fourth-order valence-electron chi connectivity index (χ4n) is 2.72. The number of halogens is 6. The number of alkyl halides is 6. The first-order valence-corrected chi connectivity index (χ1v) is 9.66. The molecule has 34 heavy (non-hydrogen) atoms. The second-order valence-corrected chi connectivity index (χ2v) is 6.89. The molecular formula is C20H21F6N3O5. The fourth-order valence-corrected chi connectivity index (χ4v) is 2.72. The van der Waals surface area contributed by atoms with Crippen LogP contribution >= 0.6 is 0 Å². The predicted molar refractivity (Wildman–Crippen MR) is 104 cm³/mol. The van der Waals surface area contributed by atoms with Gasteiger partial charge in [-0.05, 0) is 18.2 Å². The smallest absolute Gasteiger partial charge is 0.416 e. The van der Waals surface area contributed by atoms with Crippen molar-refractivity contribution < 1.29 is 49.8 Å². The first-order valence-electron chi connectivity index (χ1n) is 9.66. The van der Waals surface area contributed by atoms with E-state index >= 15 is 0 Å². The average molecular weight is 497 g/mol. The number of benzene rings is 1. The highest BCUT2D eigenvalue weighted by Gasteiger charge is 2.38. The lowest BCUT2D eigenvalue weighted by molar-refractivity contribution is -0.143. The molecule has 0 aliphatic carbocycles. The van der Waals surface area contributed by atoms with E-state index in [0.29, 0.717) is 12.1 Å². The Morgan fingerprint density at radius 1 is 1.00 bits per heavy atom. The van der Waals surface area contributed by atoms with Gasteiger partial charge in [0.1, 0.15) is 6.26 Å². The maximum atomic E-state index is 13.2. The first kappa shape index (κ1) is 27.1. The number of rotatable bonds is 10. The minimum absolute atomic E-state index is 0.0706. The Morgan fingerprint density at radius 2 is 1.59 bits per heavy atom. The lowest BCUT2D eigenvalue weighted by Crippen LogP contribution is -2.34. The molecule has 0 saturated heterocycles. The number of oxazole rings is 1. The number of carbonyl (C=O) groups excluding carboxylic acids is 2. The summed E-state index contributed by atoms with van der Waals surface area (Å²) >= 11 is 0. The van der Waals surface area contributed by atoms with E-state index < -0.39 is 47.4 Å². The van der Waals surface area contributed by atoms with Crippen LogP contribution in [0, 0.1) is 0 Å². The summed E-state index contributed by atoms with van der Waals surface area (Å²) in [6, 6.07) is 0.599. The molecule has 14 heteroatoms. The Labute approximate surface area is 189 Å². The van der Waals surface area contributed by atoms with E-state index in [2.05, 4.69) is 10.3 Å². The van der Waals surface area contributed by atoms with Gasteiger partial charge in [0.25, 0.3) is 11.8 Å². The molecule has 0 saturated carbocycles. The molecule has 0 aliphatic rings. The summed E-state index contributed by atoms with van der Waals surface area (Å²) in [6.45, 7) is -0.294. The van der Waals surface area contributed by atoms with E-state index in [4.69, 9.17) is 13.9 Å². The molecule has 0 spiro atoms. The van der Waals surface area contributed by atoms with E-state index in [0.717, 1.165) is 11.2 Å². The Kier molecular flexibility index (Phi) is 9.04. The zero-order valence-electron chi connectivity index (χ0n) is 18.0. The van der Waals surface area contributed by atoms with Crippen molar-refractivity contribution in [3.05, 3.63) is 52.7 Å². The van der Waals surface area contributed by atoms with E-state index in [9.17, 15) is 35.9 Å². The fraction of sp³-hybridized carbons (Fsp3) is 0.450. The van der Waals surface area contributed by atoms with Gasteiger partial charge in [-0.2, -0.15) is 26.3 Å². The lowest BCUT2D eigenvalue weighted by Gasteiger charge is -2.22. The largest absolute Gasteiger partial charge is 0.446 e. The summed E-state index contributed by atoms with van der Waals surface area (Å²) in [5.41, 5.74) is -4.21. The van der Waals surface area contributed by atoms with Gasteiger partial charge in [0.2, 0.25) is 5.89 Å². The summed E-state index contributed by atoms with van der Waals surface area (Å²) < 4.78 is 93.8. The maximum absolute atomic E-state index is 13.2. The van der Waals surface area contributed by atoms with Crippen LogP contribution in [0.5, 0.6) is 0 Å². The molecule has 0 unspecified atom stereocenters. The van der Waals surface area contributed by atoms with Gasteiger partial charge in [-0.15, -0.1) is 0 Å². The number of ether oxygens (including phenoxy) is 2. The number of aromatic nitrogens is 1. The van der Waals surface area contributed by atoms with Crippen molar-refractivity contribution >= 4 is 11.8 Å². The number of methoxy groups -OCH3 is 2. The molecule has 2 aromatic rings. The van der Waals surface area contributed by atoms with Gasteiger partial charge in [0, 0.05) is 32.9 Å². The van der Waals surface area contributed by atoms with Crippen LogP contribution in [0.3, 0.4) is 0 Å². The highest BCUT2D eigenvalue weighted by atomic mass is 19.4. The summed E-state index contributed by atoms with van der Waals surface area (Å²) in [4.78, 5) is 29.7. The first-order chi connectivity index (χ1) is 15.9. The normalized spacial score (nSPS) is 12.0. The van der Waals surface area contributed by atoms with Gasteiger partial charge in [-0.25, -0.2) is 4.98 Å². The van der Waals surface area contributed by atoms with Crippen LogP contribution in [0.25, 0.3) is 0 Å². The molecular weight excluding hydrogens is 476 g/mol. The molecule has 0 radical (unpaired) electrons. The minimum atomic E-state index is -5.11. The second kappa shape index (κ2) is 11.3. The van der Waals surface area contributed by atoms with Crippen molar-refractivity contribution in [2.45, 2.75) is 18.9 Å². The van der Waals surface area contributed by atoms with Gasteiger partial charge in [-0.1, -0.05) is 0 Å². The van der Waals surface area contributed by atoms with Crippen LogP contribution in [0.1, 0.15) is 37.9 Å². The van der Waals surface area contributed by atoms with Crippen molar-refractivity contribution in [3.8, 4) is 0 Å². The number of nitrogens with zero attached hydrogens (tertiary/aromatic N) is 2. The molecule has 2 rings (SSSR count). The zero-order chi connectivity index (χ0) is 25.5. The molecule has 0 fully saturated rings. The van der Waals surface area contributed by atoms with Crippen molar-refractivity contribution in [1.29, 1.82) is 0 Å². The van der Waals surface area contributed by atoms with Crippen LogP contribution in [0.2, 0.25) is 0 Å². The van der Waals surface area contributed by atoms with E-state index in [1.165, 1.54) is 14.2 Å². The highest BCUT2D eigenvalue weighted by molar-refractivity contribution is 5.95. The standard InChI is InChI=1S/C20H21F6N3O5/c1-32-5-3-27-17(30)15-11-34-16(28-15)10-29(4-6-33-2)18(31)12-7-13(19(21,22)23)9-14(8-12)20(24,25)26/h7-9,11H,3-6,10H2,1-2H3,(H,27,30). The molecule has 1 heterocycles. The highest BCUT2D eigenvalue weighted by Crippen LogP contribution is 2.36. The van der Waals surface area contributed by atoms with Gasteiger partial charge in [-0.3, -0.25) is 9.59 Å². The van der Waals surface area contributed by atoms with Gasteiger partial charge >= 0.3 is 12.4 Å². The third-order valence-corrected chi connectivity index (χ3v) is 4.39. The molecule has 2 amide bonds. The van der Waals surface area contributed by atoms with E-state index in [-0.39, 0.29) is 44.0 Å². The third-order valence-electron chi connectivity index (χ3n) is 4.39. The quantitative estimate of drug-likeness (QED) is 0.400. The van der Waals surface area contributed by atoms with E-state index in [1.807, 2.05) is 0 Å². The van der Waals surface area contributed by atoms with Crippen molar-refractivity contribution in [1.82, 2.24) is 15.2 Å². The molecule has 0 atom stereocenters. The van der Waals surface area contributed by atoms with E-state index in [1.54, 1.807) is 0 Å². The molecule has 188 valence electrons. The number of nitrogens with one attached hydrogen (secondary N) is 1. The van der Waals surface area contributed by atoms with Crippen LogP contribution in [0.15, 0.2) is 28.9 Å². The number of hydrogen-bond acceptors (Lipinski definition) is 6. The van der Waals surface area contributed by atoms with Crippen molar-refractivity contribution in [2.75, 3.05) is 40.5 Å². The molecule has 0 aliphatic heterocycles. The summed E-state index contributed by atoms with van der Waals surface area (Å²) in [5.74, 6) is -1.91. The van der Waals surface area contributed by atoms with Crippen LogP contribution < -0.4 is 5.32 Å². The Bertz CT molecular complexity index is 958. The number of hydrogen-bond donors (Lipinski definition) is 1. The Morgan fingerprint density at radius 3 is 2.12 bits per heavy atom. The molecule has 1 aromatic heterocycles. The van der Waals surface area contributed by atoms with Gasteiger partial charge in [0.15, 0.2) is 5.69 Å². The Hall–Kier alpha value is -3.13. The third kappa shape index (κ3) is 7.45. The molecule has 1 N–H and O–H groups in total. The SMILES string of the molecule is COCCNC(=O)c1coc(CN(CCOC)C(=O)c2cc(C(F)(F)F)cc(C(F)(F)F)c2)n1. The van der Waals surface area contributed by atoms with Crippen molar-refractivity contribution in [3.63, 3.8) is 0 Å². The maximum Gasteiger partial charge on any atom is 0.416 e. The lowest BCUT2D eigenvalue weighted by atomic mass is 10.0. The molecule has 0 bridgehead atoms. The molecule has 8 nitrogen and oxygen atoms in total. The topological polar surface area (TPSA) is 93.9 Å². The summed E-state index contributed by atoms with van der Waals surface area (Å²) in [5, 5.41) is 2.49. The van der Waals surface area contributed by atoms with Gasteiger partial charge < -0.3 is 24.1 Å². The van der Waals surface area contributed by atoms with Crippen LogP contribution in [-0.2, 0) is 28.4 Å². The predicted octanol–water partition coefficient (Wildman–Crippen LogP) is 3.38. The van der Waals surface area contributed by atoms with Crippen LogP contribution in [0.4, 0.5) is 26.3 Å². The zero-order valence-corrected chi connectivity index (χ0v) is 18.0. The number of amides is 2. The van der Waals surface area contributed by atoms with Gasteiger partial charge in [0.05, 0.1) is 30.9 Å². The average Bonchev–Trinajstić information content (AvgIpc) is 3.23. The molecule has 1 aromatic carbocycles. The second-order valence-electron chi connectivity index (χ2n) is 6.89. The number of carbonyl (C=O) groups is 2.